The summed E-state index contributed by atoms with van der Waals surface area (Å²) in [5.74, 6) is 6.32. The molecule has 3 heteroatoms. The highest BCUT2D eigenvalue weighted by molar-refractivity contribution is 8.03. The Kier molecular flexibility index (Phi) is 5.94. The zero-order valence-corrected chi connectivity index (χ0v) is 9.98. The van der Waals surface area contributed by atoms with Crippen molar-refractivity contribution in [2.75, 3.05) is 5.75 Å². The van der Waals surface area contributed by atoms with Crippen molar-refractivity contribution >= 4 is 11.8 Å². The second-order valence-corrected chi connectivity index (χ2v) is 4.82. The number of hydrogen-bond donors (Lipinski definition) is 2. The van der Waals surface area contributed by atoms with Gasteiger partial charge in [0.1, 0.15) is 5.60 Å². The Labute approximate surface area is 90.4 Å². The predicted octanol–water partition coefficient (Wildman–Crippen LogP) is 1.78. The molecule has 0 aromatic rings. The predicted molar refractivity (Wildman–Crippen MR) is 62.0 cm³/mol. The molecule has 0 fully saturated rings. The van der Waals surface area contributed by atoms with Gasteiger partial charge in [0.2, 0.25) is 0 Å². The molecule has 2 nitrogen and oxygen atoms in total. The summed E-state index contributed by atoms with van der Waals surface area (Å²) in [6.07, 6.45) is 1.17. The van der Waals surface area contributed by atoms with Gasteiger partial charge in [-0.15, -0.1) is 11.8 Å². The van der Waals surface area contributed by atoms with Crippen LogP contribution in [0.4, 0.5) is 0 Å². The Bertz CT molecular complexity index is 251. The molecule has 0 spiro atoms. The monoisotopic (exact) mass is 214 g/mol. The van der Waals surface area contributed by atoms with Gasteiger partial charge in [0.15, 0.2) is 0 Å². The topological polar surface area (TPSA) is 40.5 Å². The van der Waals surface area contributed by atoms with E-state index in [1.165, 1.54) is 0 Å². The summed E-state index contributed by atoms with van der Waals surface area (Å²) in [7, 11) is 0. The lowest BCUT2D eigenvalue weighted by molar-refractivity contribution is 0.143. The molecule has 0 rings (SSSR count). The summed E-state index contributed by atoms with van der Waals surface area (Å²) >= 11 is 1.56. The third-order valence-corrected chi connectivity index (χ3v) is 2.40. The van der Waals surface area contributed by atoms with Gasteiger partial charge in [-0.2, -0.15) is 0 Å². The average molecular weight is 214 g/mol. The fourth-order valence-electron chi connectivity index (χ4n) is 0.733. The summed E-state index contributed by atoms with van der Waals surface area (Å²) < 4.78 is 0. The summed E-state index contributed by atoms with van der Waals surface area (Å²) in [6.45, 7) is 6.98. The van der Waals surface area contributed by atoms with E-state index in [2.05, 4.69) is 11.8 Å². The Hall–Kier alpha value is -0.430. The first-order valence-corrected chi connectivity index (χ1v) is 5.61. The molecule has 2 N–H and O–H groups in total. The van der Waals surface area contributed by atoms with Crippen LogP contribution in [-0.4, -0.2) is 27.7 Å². The Balaban J connectivity index is 4.49. The van der Waals surface area contributed by atoms with E-state index in [-0.39, 0.29) is 0 Å². The maximum Gasteiger partial charge on any atom is 0.120 e. The number of aliphatic hydroxyl groups excluding tert-OH is 1. The second kappa shape index (κ2) is 6.13. The third-order valence-electron chi connectivity index (χ3n) is 1.32. The van der Waals surface area contributed by atoms with Crippen LogP contribution >= 0.6 is 11.8 Å². The highest BCUT2D eigenvalue weighted by Gasteiger charge is 2.06. The molecule has 80 valence electrons. The lowest BCUT2D eigenvalue weighted by Gasteiger charge is -2.07. The highest BCUT2D eigenvalue weighted by Crippen LogP contribution is 2.18. The van der Waals surface area contributed by atoms with Crippen LogP contribution < -0.4 is 0 Å². The quantitative estimate of drug-likeness (QED) is 0.704. The maximum absolute atomic E-state index is 9.35. The van der Waals surface area contributed by atoms with E-state index < -0.39 is 11.7 Å². The van der Waals surface area contributed by atoms with E-state index in [0.29, 0.717) is 0 Å². The van der Waals surface area contributed by atoms with Crippen LogP contribution in [0, 0.1) is 11.8 Å². The standard InChI is InChI=1S/C11H18O2S/c1-5-14-10(9(2)12)7-6-8-11(3,4)13/h7,9,12-13H,5H2,1-4H3/b10-7+. The molecule has 0 bridgehead atoms. The van der Waals surface area contributed by atoms with E-state index in [9.17, 15) is 10.2 Å². The van der Waals surface area contributed by atoms with Crippen LogP contribution in [-0.2, 0) is 0 Å². The number of rotatable bonds is 3. The number of thioether (sulfide) groups is 1. The van der Waals surface area contributed by atoms with Gasteiger partial charge in [-0.3, -0.25) is 0 Å². The second-order valence-electron chi connectivity index (χ2n) is 3.48. The zero-order valence-electron chi connectivity index (χ0n) is 9.16. The van der Waals surface area contributed by atoms with Gasteiger partial charge in [0, 0.05) is 11.0 Å². The zero-order chi connectivity index (χ0) is 11.2. The van der Waals surface area contributed by atoms with Crippen molar-refractivity contribution in [3.63, 3.8) is 0 Å². The van der Waals surface area contributed by atoms with Crippen molar-refractivity contribution in [1.82, 2.24) is 0 Å². The molecule has 0 amide bonds. The third kappa shape index (κ3) is 7.02. The fourth-order valence-corrected chi connectivity index (χ4v) is 1.45. The minimum absolute atomic E-state index is 0.490. The maximum atomic E-state index is 9.35. The molecule has 0 aromatic heterocycles. The van der Waals surface area contributed by atoms with Crippen LogP contribution in [0.2, 0.25) is 0 Å². The first kappa shape index (κ1) is 13.6. The molecular weight excluding hydrogens is 196 g/mol. The van der Waals surface area contributed by atoms with E-state index in [4.69, 9.17) is 0 Å². The van der Waals surface area contributed by atoms with Crippen molar-refractivity contribution in [3.05, 3.63) is 11.0 Å². The molecule has 0 aliphatic carbocycles. The van der Waals surface area contributed by atoms with Gasteiger partial charge < -0.3 is 10.2 Å². The van der Waals surface area contributed by atoms with Crippen molar-refractivity contribution in [2.24, 2.45) is 0 Å². The largest absolute Gasteiger partial charge is 0.388 e. The Morgan fingerprint density at radius 3 is 2.50 bits per heavy atom. The van der Waals surface area contributed by atoms with E-state index in [1.807, 2.05) is 6.92 Å². The van der Waals surface area contributed by atoms with E-state index in [0.717, 1.165) is 10.7 Å². The van der Waals surface area contributed by atoms with Crippen LogP contribution in [0.15, 0.2) is 11.0 Å². The molecule has 0 aromatic carbocycles. The van der Waals surface area contributed by atoms with Crippen LogP contribution in [0.3, 0.4) is 0 Å². The minimum Gasteiger partial charge on any atom is -0.388 e. The van der Waals surface area contributed by atoms with Crippen molar-refractivity contribution < 1.29 is 10.2 Å². The first-order chi connectivity index (χ1) is 6.37. The summed E-state index contributed by atoms with van der Waals surface area (Å²) in [5, 5.41) is 18.7. The summed E-state index contributed by atoms with van der Waals surface area (Å²) in [4.78, 5) is 0.837. The molecule has 14 heavy (non-hydrogen) atoms. The number of hydrogen-bond acceptors (Lipinski definition) is 3. The molecule has 0 saturated carbocycles. The lowest BCUT2D eigenvalue weighted by Crippen LogP contribution is -2.14. The average Bonchev–Trinajstić information content (AvgIpc) is 2.00. The van der Waals surface area contributed by atoms with Gasteiger partial charge >= 0.3 is 0 Å². The lowest BCUT2D eigenvalue weighted by atomic mass is 10.1. The molecule has 1 unspecified atom stereocenters. The first-order valence-electron chi connectivity index (χ1n) is 4.63. The molecular formula is C11H18O2S. The van der Waals surface area contributed by atoms with Gasteiger partial charge in [0.25, 0.3) is 0 Å². The minimum atomic E-state index is -0.975. The highest BCUT2D eigenvalue weighted by atomic mass is 32.2. The number of allylic oxidation sites excluding steroid dienone is 1. The number of aliphatic hydroxyl groups is 2. The van der Waals surface area contributed by atoms with Gasteiger partial charge in [-0.1, -0.05) is 18.8 Å². The fraction of sp³-hybridized carbons (Fsp3) is 0.636. The summed E-state index contributed by atoms with van der Waals surface area (Å²) in [6, 6.07) is 0. The molecule has 0 heterocycles. The van der Waals surface area contributed by atoms with Gasteiger partial charge in [-0.05, 0) is 26.5 Å². The normalized spacial score (nSPS) is 14.6. The van der Waals surface area contributed by atoms with Crippen molar-refractivity contribution in [1.29, 1.82) is 0 Å². The van der Waals surface area contributed by atoms with Crippen molar-refractivity contribution in [2.45, 2.75) is 39.4 Å². The Morgan fingerprint density at radius 1 is 1.57 bits per heavy atom. The van der Waals surface area contributed by atoms with E-state index in [1.54, 1.807) is 38.6 Å². The van der Waals surface area contributed by atoms with Crippen LogP contribution in [0.25, 0.3) is 0 Å². The van der Waals surface area contributed by atoms with Crippen molar-refractivity contribution in [3.8, 4) is 11.8 Å². The molecule has 0 saturated heterocycles. The van der Waals surface area contributed by atoms with E-state index >= 15 is 0 Å². The Morgan fingerprint density at radius 2 is 2.14 bits per heavy atom. The smallest absolute Gasteiger partial charge is 0.120 e. The molecule has 1 atom stereocenters. The summed E-state index contributed by atoms with van der Waals surface area (Å²) in [5.41, 5.74) is -0.975. The molecule has 0 aliphatic rings. The molecule has 0 radical (unpaired) electrons. The van der Waals surface area contributed by atoms with Crippen LogP contribution in [0.1, 0.15) is 27.7 Å². The molecule has 0 aliphatic heterocycles. The van der Waals surface area contributed by atoms with Gasteiger partial charge in [0.05, 0.1) is 6.10 Å². The van der Waals surface area contributed by atoms with Gasteiger partial charge in [-0.25, -0.2) is 0 Å². The van der Waals surface area contributed by atoms with Crippen LogP contribution in [0.5, 0.6) is 0 Å². The SMILES string of the molecule is CCS/C(=C/C#CC(C)(C)O)C(C)O.